The van der Waals surface area contributed by atoms with Crippen LogP contribution in [0.15, 0.2) is 23.1 Å². The van der Waals surface area contributed by atoms with Crippen molar-refractivity contribution in [2.24, 2.45) is 11.3 Å². The van der Waals surface area contributed by atoms with Crippen LogP contribution in [0.25, 0.3) is 0 Å². The average Bonchev–Trinajstić information content (AvgIpc) is 2.77. The highest BCUT2D eigenvalue weighted by Gasteiger charge is 2.37. The number of nitrogens with zero attached hydrogens (tertiary/aromatic N) is 4. The smallest absolute Gasteiger partial charge is 0.270 e. The zero-order chi connectivity index (χ0) is 24.6. The fraction of sp³-hybridized carbons (Fsp3) is 0.636. The maximum Gasteiger partial charge on any atom is 0.270 e. The molecular weight excluding hydrogens is 448 g/mol. The van der Waals surface area contributed by atoms with E-state index in [0.717, 1.165) is 12.5 Å². The van der Waals surface area contributed by atoms with Crippen LogP contribution in [-0.2, 0) is 19.6 Å². The Hall–Kier alpha value is -2.53. The summed E-state index contributed by atoms with van der Waals surface area (Å²) in [4.78, 5) is 39.6. The van der Waals surface area contributed by atoms with Gasteiger partial charge in [0.15, 0.2) is 0 Å². The number of non-ortho nitro benzene ring substituents is 1. The second kappa shape index (κ2) is 9.38. The Morgan fingerprint density at radius 2 is 1.70 bits per heavy atom. The summed E-state index contributed by atoms with van der Waals surface area (Å²) < 4.78 is 27.5. The number of nitro benzene ring substituents is 1. The number of benzene rings is 1. The molecule has 1 unspecified atom stereocenters. The van der Waals surface area contributed by atoms with Crippen LogP contribution in [0.1, 0.15) is 39.2 Å². The van der Waals surface area contributed by atoms with Gasteiger partial charge < -0.3 is 9.80 Å². The first-order valence-electron chi connectivity index (χ1n) is 11.2. The number of piperidine rings is 1. The van der Waals surface area contributed by atoms with E-state index >= 15 is 0 Å². The molecule has 0 aliphatic carbocycles. The Balaban J connectivity index is 1.66. The van der Waals surface area contributed by atoms with Crippen LogP contribution in [0, 0.1) is 28.4 Å². The largest absolute Gasteiger partial charge is 0.341 e. The van der Waals surface area contributed by atoms with Crippen molar-refractivity contribution in [1.82, 2.24) is 14.1 Å². The molecule has 3 rings (SSSR count). The van der Waals surface area contributed by atoms with Gasteiger partial charge in [-0.3, -0.25) is 19.7 Å². The van der Waals surface area contributed by atoms with E-state index in [0.29, 0.717) is 25.1 Å². The van der Waals surface area contributed by atoms with Crippen molar-refractivity contribution in [3.63, 3.8) is 0 Å². The molecule has 2 aliphatic heterocycles. The molecule has 0 bridgehead atoms. The van der Waals surface area contributed by atoms with Gasteiger partial charge in [-0.15, -0.1) is 0 Å². The van der Waals surface area contributed by atoms with E-state index in [1.807, 2.05) is 20.8 Å². The number of piperazine rings is 1. The molecule has 0 N–H and O–H groups in total. The number of carbonyl (C=O) groups is 2. The molecule has 2 amide bonds. The second-order valence-corrected chi connectivity index (χ2v) is 11.7. The van der Waals surface area contributed by atoms with E-state index in [1.165, 1.54) is 16.4 Å². The zero-order valence-electron chi connectivity index (χ0n) is 19.6. The highest BCUT2D eigenvalue weighted by Crippen LogP contribution is 2.27. The van der Waals surface area contributed by atoms with Gasteiger partial charge in [0.1, 0.15) is 0 Å². The van der Waals surface area contributed by atoms with E-state index in [-0.39, 0.29) is 54.5 Å². The molecular formula is C22H32N4O6S. The highest BCUT2D eigenvalue weighted by molar-refractivity contribution is 7.89. The highest BCUT2D eigenvalue weighted by atomic mass is 32.2. The minimum atomic E-state index is -3.92. The Labute approximate surface area is 194 Å². The standard InChI is InChI=1S/C22H32N4O6S/c1-16-7-8-18(26(29)30)14-19(16)33(31,32)25-12-10-23(11-13-25)20(27)17-6-5-9-24(15-17)21(28)22(2,3)4/h7-8,14,17H,5-6,9-13,15H2,1-4H3. The molecule has 0 aromatic heterocycles. The third-order valence-corrected chi connectivity index (χ3v) is 8.29. The molecule has 33 heavy (non-hydrogen) atoms. The molecule has 2 fully saturated rings. The molecule has 10 nitrogen and oxygen atoms in total. The molecule has 2 aliphatic rings. The third kappa shape index (κ3) is 5.35. The Morgan fingerprint density at radius 1 is 1.06 bits per heavy atom. The van der Waals surface area contributed by atoms with Gasteiger partial charge in [0, 0.05) is 56.8 Å². The van der Waals surface area contributed by atoms with E-state index in [9.17, 15) is 28.1 Å². The monoisotopic (exact) mass is 480 g/mol. The molecule has 1 atom stereocenters. The van der Waals surface area contributed by atoms with E-state index in [4.69, 9.17) is 0 Å². The van der Waals surface area contributed by atoms with Crippen molar-refractivity contribution in [2.75, 3.05) is 39.3 Å². The Morgan fingerprint density at radius 3 is 2.27 bits per heavy atom. The summed E-state index contributed by atoms with van der Waals surface area (Å²) in [6, 6.07) is 3.80. The maximum atomic E-state index is 13.1. The molecule has 2 saturated heterocycles. The van der Waals surface area contributed by atoms with Gasteiger partial charge in [0.25, 0.3) is 5.69 Å². The van der Waals surface area contributed by atoms with E-state index in [2.05, 4.69) is 0 Å². The number of likely N-dealkylation sites (tertiary alicyclic amines) is 1. The molecule has 11 heteroatoms. The molecule has 1 aromatic rings. The van der Waals surface area contributed by atoms with Crippen LogP contribution >= 0.6 is 0 Å². The summed E-state index contributed by atoms with van der Waals surface area (Å²) in [6.45, 7) is 8.96. The number of hydrogen-bond acceptors (Lipinski definition) is 6. The van der Waals surface area contributed by atoms with Crippen molar-refractivity contribution in [1.29, 1.82) is 0 Å². The van der Waals surface area contributed by atoms with Crippen LogP contribution in [-0.4, -0.2) is 78.5 Å². The van der Waals surface area contributed by atoms with Gasteiger partial charge in [-0.05, 0) is 25.3 Å². The summed E-state index contributed by atoms with van der Waals surface area (Å²) in [6.07, 6.45) is 1.47. The number of carbonyl (C=O) groups excluding carboxylic acids is 2. The summed E-state index contributed by atoms with van der Waals surface area (Å²) >= 11 is 0. The van der Waals surface area contributed by atoms with Crippen LogP contribution in [0.3, 0.4) is 0 Å². The Kier molecular flexibility index (Phi) is 7.13. The van der Waals surface area contributed by atoms with Gasteiger partial charge in [-0.25, -0.2) is 8.42 Å². The maximum absolute atomic E-state index is 13.1. The van der Waals surface area contributed by atoms with Crippen LogP contribution in [0.5, 0.6) is 0 Å². The fourth-order valence-corrected chi connectivity index (χ4v) is 6.03. The van der Waals surface area contributed by atoms with Gasteiger partial charge in [-0.2, -0.15) is 4.31 Å². The summed E-state index contributed by atoms with van der Waals surface area (Å²) in [5.41, 5.74) is -0.347. The second-order valence-electron chi connectivity index (χ2n) is 9.78. The molecule has 1 aromatic carbocycles. The van der Waals surface area contributed by atoms with Crippen molar-refractivity contribution in [2.45, 2.75) is 45.4 Å². The van der Waals surface area contributed by atoms with Crippen molar-refractivity contribution < 1.29 is 22.9 Å². The molecule has 2 heterocycles. The van der Waals surface area contributed by atoms with Crippen LogP contribution in [0.4, 0.5) is 5.69 Å². The Bertz CT molecular complexity index is 1040. The number of aryl methyl sites for hydroxylation is 1. The van der Waals surface area contributed by atoms with Crippen molar-refractivity contribution in [3.05, 3.63) is 33.9 Å². The number of hydrogen-bond donors (Lipinski definition) is 0. The quantitative estimate of drug-likeness (QED) is 0.480. The minimum absolute atomic E-state index is 0.0308. The third-order valence-electron chi connectivity index (χ3n) is 6.25. The first kappa shape index (κ1) is 25.1. The van der Waals surface area contributed by atoms with E-state index in [1.54, 1.807) is 16.7 Å². The molecule has 182 valence electrons. The number of sulfonamides is 1. The van der Waals surface area contributed by atoms with Crippen molar-refractivity contribution >= 4 is 27.5 Å². The summed E-state index contributed by atoms with van der Waals surface area (Å²) in [7, 11) is -3.92. The summed E-state index contributed by atoms with van der Waals surface area (Å²) in [5, 5.41) is 11.1. The summed E-state index contributed by atoms with van der Waals surface area (Å²) in [5.74, 6) is -0.305. The number of amides is 2. The number of rotatable bonds is 4. The zero-order valence-corrected chi connectivity index (χ0v) is 20.4. The predicted octanol–water partition coefficient (Wildman–Crippen LogP) is 2.02. The van der Waals surface area contributed by atoms with Crippen molar-refractivity contribution in [3.8, 4) is 0 Å². The van der Waals surface area contributed by atoms with Gasteiger partial charge in [-0.1, -0.05) is 26.8 Å². The normalized spacial score (nSPS) is 20.5. The SMILES string of the molecule is Cc1ccc([N+](=O)[O-])cc1S(=O)(=O)N1CCN(C(=O)C2CCCN(C(=O)C(C)(C)C)C2)CC1. The average molecular weight is 481 g/mol. The lowest BCUT2D eigenvalue weighted by Gasteiger charge is -2.40. The lowest BCUT2D eigenvalue weighted by molar-refractivity contribution is -0.385. The topological polar surface area (TPSA) is 121 Å². The molecule has 0 radical (unpaired) electrons. The lowest BCUT2D eigenvalue weighted by atomic mass is 9.90. The molecule has 0 saturated carbocycles. The van der Waals surface area contributed by atoms with Gasteiger partial charge in [0.2, 0.25) is 21.8 Å². The fourth-order valence-electron chi connectivity index (χ4n) is 4.36. The van der Waals surface area contributed by atoms with Gasteiger partial charge >= 0.3 is 0 Å². The molecule has 0 spiro atoms. The number of nitro groups is 1. The minimum Gasteiger partial charge on any atom is -0.341 e. The first-order chi connectivity index (χ1) is 15.3. The van der Waals surface area contributed by atoms with Gasteiger partial charge in [0.05, 0.1) is 15.7 Å². The van der Waals surface area contributed by atoms with E-state index < -0.39 is 20.4 Å². The predicted molar refractivity (Wildman–Crippen MR) is 122 cm³/mol. The first-order valence-corrected chi connectivity index (χ1v) is 12.6. The van der Waals surface area contributed by atoms with Crippen LogP contribution < -0.4 is 0 Å². The van der Waals surface area contributed by atoms with Crippen LogP contribution in [0.2, 0.25) is 0 Å². The lowest BCUT2D eigenvalue weighted by Crippen LogP contribution is -2.54.